The average Bonchev–Trinajstić information content (AvgIpc) is 3.08. The second-order valence-corrected chi connectivity index (χ2v) is 5.24. The van der Waals surface area contributed by atoms with Crippen LogP contribution in [-0.4, -0.2) is 62.7 Å². The maximum atomic E-state index is 12.8. The lowest BCUT2D eigenvalue weighted by Gasteiger charge is -2.27. The molecule has 1 heterocycles. The molecule has 0 saturated carbocycles. The van der Waals surface area contributed by atoms with Gasteiger partial charge in [0.1, 0.15) is 6.04 Å². The molecule has 0 spiro atoms. The first-order valence-corrected chi connectivity index (χ1v) is 7.38. The Hall–Kier alpha value is -2.28. The Morgan fingerprint density at radius 1 is 1.17 bits per heavy atom. The van der Waals surface area contributed by atoms with Crippen LogP contribution in [0, 0.1) is 0 Å². The van der Waals surface area contributed by atoms with Gasteiger partial charge in [-0.2, -0.15) is 0 Å². The third kappa shape index (κ3) is 3.39. The van der Waals surface area contributed by atoms with Crippen LogP contribution >= 0.6 is 0 Å². The van der Waals surface area contributed by atoms with E-state index in [-0.39, 0.29) is 11.8 Å². The molecule has 1 aliphatic rings. The predicted octanol–water partition coefficient (Wildman–Crippen LogP) is 1.33. The van der Waals surface area contributed by atoms with E-state index in [1.54, 1.807) is 30.1 Å². The van der Waals surface area contributed by atoms with E-state index < -0.39 is 6.04 Å². The zero-order valence-corrected chi connectivity index (χ0v) is 13.9. The molecule has 0 aromatic heterocycles. The number of benzene rings is 1. The molecule has 7 heteroatoms. The van der Waals surface area contributed by atoms with Crippen LogP contribution < -0.4 is 9.47 Å². The summed E-state index contributed by atoms with van der Waals surface area (Å²) in [4.78, 5) is 31.6. The summed E-state index contributed by atoms with van der Waals surface area (Å²) < 4.78 is 10.4. The fourth-order valence-corrected chi connectivity index (χ4v) is 2.70. The van der Waals surface area contributed by atoms with Crippen molar-refractivity contribution in [2.45, 2.75) is 18.9 Å². The lowest BCUT2D eigenvalue weighted by atomic mass is 10.1. The SMILES string of the molecule is COc1ccc(C(=O)N2CCC[C@@H]2C(=O)N(C)OC)cc1OC. The van der Waals surface area contributed by atoms with Crippen LogP contribution in [0.4, 0.5) is 0 Å². The van der Waals surface area contributed by atoms with Gasteiger partial charge in [-0.3, -0.25) is 14.4 Å². The van der Waals surface area contributed by atoms with E-state index in [0.717, 1.165) is 11.5 Å². The summed E-state index contributed by atoms with van der Waals surface area (Å²) >= 11 is 0. The number of carbonyl (C=O) groups is 2. The Balaban J connectivity index is 2.23. The van der Waals surface area contributed by atoms with Gasteiger partial charge in [-0.15, -0.1) is 0 Å². The topological polar surface area (TPSA) is 68.3 Å². The second kappa shape index (κ2) is 7.32. The third-order valence-electron chi connectivity index (χ3n) is 4.01. The molecule has 1 aromatic rings. The standard InChI is InChI=1S/C16H22N2O5/c1-17(23-4)16(20)12-6-5-9-18(12)15(19)11-7-8-13(21-2)14(10-11)22-3/h7-8,10,12H,5-6,9H2,1-4H3/t12-/m1/s1. The molecular formula is C16H22N2O5. The first kappa shape index (κ1) is 17.1. The van der Waals surface area contributed by atoms with Crippen LogP contribution in [0.5, 0.6) is 11.5 Å². The van der Waals surface area contributed by atoms with E-state index in [9.17, 15) is 9.59 Å². The number of carbonyl (C=O) groups excluding carboxylic acids is 2. The first-order chi connectivity index (χ1) is 11.0. The van der Waals surface area contributed by atoms with Gasteiger partial charge in [0.05, 0.1) is 21.3 Å². The highest BCUT2D eigenvalue weighted by Gasteiger charge is 2.36. The zero-order valence-electron chi connectivity index (χ0n) is 13.9. The van der Waals surface area contributed by atoms with Gasteiger partial charge in [0.2, 0.25) is 0 Å². The number of rotatable bonds is 5. The highest BCUT2D eigenvalue weighted by molar-refractivity contribution is 5.98. The van der Waals surface area contributed by atoms with Gasteiger partial charge >= 0.3 is 0 Å². The summed E-state index contributed by atoms with van der Waals surface area (Å²) in [7, 11) is 6.02. The number of likely N-dealkylation sites (N-methyl/N-ethyl adjacent to an activating group) is 1. The molecule has 0 bridgehead atoms. The molecule has 0 aliphatic carbocycles. The molecule has 0 N–H and O–H groups in total. The predicted molar refractivity (Wildman–Crippen MR) is 83.4 cm³/mol. The van der Waals surface area contributed by atoms with Crippen molar-refractivity contribution in [3.8, 4) is 11.5 Å². The van der Waals surface area contributed by atoms with Crippen molar-refractivity contribution >= 4 is 11.8 Å². The number of amides is 2. The largest absolute Gasteiger partial charge is 0.493 e. The molecule has 1 atom stereocenters. The number of ether oxygens (including phenoxy) is 2. The highest BCUT2D eigenvalue weighted by atomic mass is 16.7. The van der Waals surface area contributed by atoms with Crippen molar-refractivity contribution in [2.75, 3.05) is 34.9 Å². The van der Waals surface area contributed by atoms with E-state index in [1.807, 2.05) is 0 Å². The van der Waals surface area contributed by atoms with E-state index >= 15 is 0 Å². The molecule has 2 amide bonds. The van der Waals surface area contributed by atoms with Crippen LogP contribution in [0.15, 0.2) is 18.2 Å². The number of hydrogen-bond acceptors (Lipinski definition) is 5. The van der Waals surface area contributed by atoms with Gasteiger partial charge in [0, 0.05) is 19.2 Å². The zero-order chi connectivity index (χ0) is 17.0. The smallest absolute Gasteiger partial charge is 0.268 e. The van der Waals surface area contributed by atoms with E-state index in [2.05, 4.69) is 0 Å². The number of nitrogens with zero attached hydrogens (tertiary/aromatic N) is 2. The van der Waals surface area contributed by atoms with Crippen LogP contribution in [0.1, 0.15) is 23.2 Å². The Labute approximate surface area is 135 Å². The van der Waals surface area contributed by atoms with Crippen molar-refractivity contribution in [2.24, 2.45) is 0 Å². The van der Waals surface area contributed by atoms with Crippen LogP contribution in [0.2, 0.25) is 0 Å². The monoisotopic (exact) mass is 322 g/mol. The van der Waals surface area contributed by atoms with Crippen molar-refractivity contribution in [1.82, 2.24) is 9.96 Å². The summed E-state index contributed by atoms with van der Waals surface area (Å²) in [5, 5.41) is 1.16. The number of likely N-dealkylation sites (tertiary alicyclic amines) is 1. The Morgan fingerprint density at radius 3 is 2.48 bits per heavy atom. The van der Waals surface area contributed by atoms with Crippen molar-refractivity contribution in [1.29, 1.82) is 0 Å². The maximum Gasteiger partial charge on any atom is 0.268 e. The summed E-state index contributed by atoms with van der Waals surface area (Å²) in [6, 6.07) is 4.48. The lowest BCUT2D eigenvalue weighted by Crippen LogP contribution is -2.46. The second-order valence-electron chi connectivity index (χ2n) is 5.24. The Morgan fingerprint density at radius 2 is 1.87 bits per heavy atom. The Bertz CT molecular complexity index is 590. The van der Waals surface area contributed by atoms with Crippen LogP contribution in [0.3, 0.4) is 0 Å². The van der Waals surface area contributed by atoms with E-state index in [4.69, 9.17) is 14.3 Å². The van der Waals surface area contributed by atoms with Crippen molar-refractivity contribution in [3.63, 3.8) is 0 Å². The molecule has 0 radical (unpaired) electrons. The van der Waals surface area contributed by atoms with Gasteiger partial charge in [-0.05, 0) is 31.0 Å². The van der Waals surface area contributed by atoms with Gasteiger partial charge in [0.15, 0.2) is 11.5 Å². The summed E-state index contributed by atoms with van der Waals surface area (Å²) in [6.45, 7) is 0.543. The van der Waals surface area contributed by atoms with Gasteiger partial charge in [-0.1, -0.05) is 0 Å². The fourth-order valence-electron chi connectivity index (χ4n) is 2.70. The number of hydroxylamine groups is 2. The minimum atomic E-state index is -0.499. The highest BCUT2D eigenvalue weighted by Crippen LogP contribution is 2.29. The van der Waals surface area contributed by atoms with Gasteiger partial charge in [0.25, 0.3) is 11.8 Å². The molecule has 2 rings (SSSR count). The average molecular weight is 322 g/mol. The molecular weight excluding hydrogens is 300 g/mol. The quantitative estimate of drug-likeness (QED) is 0.765. The lowest BCUT2D eigenvalue weighted by molar-refractivity contribution is -0.172. The summed E-state index contributed by atoms with van der Waals surface area (Å²) in [6.07, 6.45) is 1.42. The number of methoxy groups -OCH3 is 2. The minimum Gasteiger partial charge on any atom is -0.493 e. The molecule has 7 nitrogen and oxygen atoms in total. The molecule has 126 valence electrons. The van der Waals surface area contributed by atoms with Crippen molar-refractivity contribution in [3.05, 3.63) is 23.8 Å². The summed E-state index contributed by atoms with van der Waals surface area (Å²) in [5.41, 5.74) is 0.461. The first-order valence-electron chi connectivity index (χ1n) is 7.38. The number of hydrogen-bond donors (Lipinski definition) is 0. The maximum absolute atomic E-state index is 12.8. The van der Waals surface area contributed by atoms with E-state index in [0.29, 0.717) is 30.0 Å². The molecule has 23 heavy (non-hydrogen) atoms. The minimum absolute atomic E-state index is 0.202. The third-order valence-corrected chi connectivity index (χ3v) is 4.01. The molecule has 0 unspecified atom stereocenters. The normalized spacial score (nSPS) is 17.0. The fraction of sp³-hybridized carbons (Fsp3) is 0.500. The summed E-state index contributed by atoms with van der Waals surface area (Å²) in [5.74, 6) is 0.608. The van der Waals surface area contributed by atoms with Crippen LogP contribution in [0.25, 0.3) is 0 Å². The van der Waals surface area contributed by atoms with Gasteiger partial charge < -0.3 is 14.4 Å². The molecule has 1 saturated heterocycles. The van der Waals surface area contributed by atoms with Gasteiger partial charge in [-0.25, -0.2) is 5.06 Å². The van der Waals surface area contributed by atoms with E-state index in [1.165, 1.54) is 21.3 Å². The molecule has 1 aromatic carbocycles. The van der Waals surface area contributed by atoms with Crippen molar-refractivity contribution < 1.29 is 23.9 Å². The molecule has 1 fully saturated rings. The Kier molecular flexibility index (Phi) is 5.44. The van der Waals surface area contributed by atoms with Crippen LogP contribution in [-0.2, 0) is 9.63 Å². The molecule has 1 aliphatic heterocycles.